The Labute approximate surface area is 223 Å². The first-order chi connectivity index (χ1) is 17.5. The fourth-order valence-corrected chi connectivity index (χ4v) is 7.30. The molecule has 2 aromatic rings. The van der Waals surface area contributed by atoms with Crippen molar-refractivity contribution in [3.8, 4) is 0 Å². The van der Waals surface area contributed by atoms with E-state index in [1.165, 1.54) is 18.9 Å². The topological polar surface area (TPSA) is 56.4 Å². The monoisotopic (exact) mass is 530 g/mol. The number of carbonyl (C=O) groups is 1. The van der Waals surface area contributed by atoms with E-state index >= 15 is 4.39 Å². The van der Waals surface area contributed by atoms with Crippen molar-refractivity contribution in [3.05, 3.63) is 64.4 Å². The number of amides is 1. The summed E-state index contributed by atoms with van der Waals surface area (Å²) in [6.45, 7) is 3.72. The predicted molar refractivity (Wildman–Crippen MR) is 147 cm³/mol. The Morgan fingerprint density at radius 1 is 1.19 bits per heavy atom. The van der Waals surface area contributed by atoms with Crippen molar-refractivity contribution in [1.82, 2.24) is 14.9 Å². The summed E-state index contributed by atoms with van der Waals surface area (Å²) in [5.41, 5.74) is 2.10. The molecule has 0 aromatic heterocycles. The van der Waals surface area contributed by atoms with Crippen LogP contribution in [0, 0.1) is 5.82 Å². The molecule has 0 aliphatic carbocycles. The predicted octanol–water partition coefficient (Wildman–Crippen LogP) is 5.15. The van der Waals surface area contributed by atoms with Crippen molar-refractivity contribution in [2.24, 2.45) is 0 Å². The maximum atomic E-state index is 15.0. The third-order valence-corrected chi connectivity index (χ3v) is 9.54. The van der Waals surface area contributed by atoms with Crippen LogP contribution in [0.25, 0.3) is 0 Å². The average Bonchev–Trinajstić information content (AvgIpc) is 3.07. The van der Waals surface area contributed by atoms with Gasteiger partial charge in [-0.25, -0.2) is 8.70 Å². The first-order valence-electron chi connectivity index (χ1n) is 13.2. The van der Waals surface area contributed by atoms with E-state index in [-0.39, 0.29) is 17.1 Å². The van der Waals surface area contributed by atoms with Gasteiger partial charge in [-0.15, -0.1) is 0 Å². The summed E-state index contributed by atoms with van der Waals surface area (Å²) in [7, 11) is 0. The van der Waals surface area contributed by atoms with Crippen LogP contribution in [0.15, 0.2) is 42.5 Å². The van der Waals surface area contributed by atoms with Crippen LogP contribution in [-0.2, 0) is 16.6 Å². The summed E-state index contributed by atoms with van der Waals surface area (Å²) in [5, 5.41) is 10.9. The van der Waals surface area contributed by atoms with Gasteiger partial charge in [0.2, 0.25) is 5.91 Å². The number of anilines is 1. The Kier molecular flexibility index (Phi) is 8.53. The summed E-state index contributed by atoms with van der Waals surface area (Å²) in [6.07, 6.45) is 6.04. The number of benzene rings is 2. The summed E-state index contributed by atoms with van der Waals surface area (Å²) in [6, 6.07) is 13.8. The van der Waals surface area contributed by atoms with Gasteiger partial charge in [-0.1, -0.05) is 41.7 Å². The van der Waals surface area contributed by atoms with Crippen molar-refractivity contribution >= 4 is 35.1 Å². The second-order valence-corrected chi connectivity index (χ2v) is 12.0. The number of piperidine rings is 1. The van der Waals surface area contributed by atoms with Gasteiger partial charge < -0.3 is 16.0 Å². The van der Waals surface area contributed by atoms with Gasteiger partial charge in [0.05, 0.1) is 0 Å². The molecule has 0 radical (unpaired) electrons. The Morgan fingerprint density at radius 2 is 2.00 bits per heavy atom. The molecule has 0 saturated carbocycles. The minimum absolute atomic E-state index is 0.0658. The maximum absolute atomic E-state index is 15.0. The maximum Gasteiger partial charge on any atom is 0.225 e. The van der Waals surface area contributed by atoms with Crippen molar-refractivity contribution in [1.29, 1.82) is 0 Å². The molecule has 194 valence electrons. The number of fused-ring (bicyclic) bond motifs is 2. The first kappa shape index (κ1) is 26.0. The second-order valence-electron chi connectivity index (χ2n) is 10.4. The fourth-order valence-electron chi connectivity index (χ4n) is 5.96. The number of nitrogens with one attached hydrogen (secondary N) is 3. The van der Waals surface area contributed by atoms with E-state index in [9.17, 15) is 4.79 Å². The lowest BCUT2D eigenvalue weighted by molar-refractivity contribution is -0.117. The van der Waals surface area contributed by atoms with Crippen LogP contribution in [-0.4, -0.2) is 54.2 Å². The molecule has 2 aromatic carbocycles. The Bertz CT molecular complexity index is 1050. The Morgan fingerprint density at radius 3 is 2.81 bits per heavy atom. The molecule has 3 fully saturated rings. The van der Waals surface area contributed by atoms with Crippen molar-refractivity contribution in [2.45, 2.75) is 62.4 Å². The fraction of sp³-hybridized carbons (Fsp3) is 0.536. The Hall–Kier alpha value is -1.64. The molecule has 3 heterocycles. The lowest BCUT2D eigenvalue weighted by Crippen LogP contribution is -2.53. The highest BCUT2D eigenvalue weighted by Gasteiger charge is 2.36. The van der Waals surface area contributed by atoms with Gasteiger partial charge in [0, 0.05) is 59.0 Å². The average molecular weight is 531 g/mol. The summed E-state index contributed by atoms with van der Waals surface area (Å²) in [4.78, 5) is 13.4. The molecule has 36 heavy (non-hydrogen) atoms. The van der Waals surface area contributed by atoms with E-state index < -0.39 is 0 Å². The zero-order valence-corrected chi connectivity index (χ0v) is 22.3. The number of carbonyl (C=O) groups excluding carboxylic acids is 1. The van der Waals surface area contributed by atoms with Gasteiger partial charge >= 0.3 is 0 Å². The lowest BCUT2D eigenvalue weighted by atomic mass is 9.70. The largest absolute Gasteiger partial charge is 0.326 e. The molecule has 8 heteroatoms. The van der Waals surface area contributed by atoms with Crippen LogP contribution >= 0.6 is 23.5 Å². The minimum atomic E-state index is -0.248. The molecule has 5 rings (SSSR count). The minimum Gasteiger partial charge on any atom is -0.326 e. The Balaban J connectivity index is 1.28. The number of nitrogens with zero attached hydrogens (tertiary/aromatic N) is 1. The molecule has 3 saturated heterocycles. The normalized spacial score (nSPS) is 25.7. The number of rotatable bonds is 7. The smallest absolute Gasteiger partial charge is 0.225 e. The van der Waals surface area contributed by atoms with E-state index in [1.807, 2.05) is 42.3 Å². The molecular formula is C28H36ClFN4OS. The second kappa shape index (κ2) is 11.8. The van der Waals surface area contributed by atoms with Crippen LogP contribution in [0.3, 0.4) is 0 Å². The lowest BCUT2D eigenvalue weighted by Gasteiger charge is -2.38. The summed E-state index contributed by atoms with van der Waals surface area (Å²) < 4.78 is 17.5. The van der Waals surface area contributed by atoms with E-state index in [1.54, 1.807) is 6.07 Å². The molecular weight excluding hydrogens is 495 g/mol. The third-order valence-electron chi connectivity index (χ3n) is 8.04. The molecule has 3 atom stereocenters. The highest BCUT2D eigenvalue weighted by molar-refractivity contribution is 7.97. The van der Waals surface area contributed by atoms with Crippen molar-refractivity contribution < 1.29 is 9.18 Å². The molecule has 3 aliphatic rings. The van der Waals surface area contributed by atoms with Gasteiger partial charge in [-0.05, 0) is 81.4 Å². The zero-order valence-electron chi connectivity index (χ0n) is 20.7. The van der Waals surface area contributed by atoms with E-state index in [0.29, 0.717) is 41.2 Å². The zero-order chi connectivity index (χ0) is 25.0. The van der Waals surface area contributed by atoms with Gasteiger partial charge in [-0.3, -0.25) is 4.79 Å². The first-order valence-corrected chi connectivity index (χ1v) is 14.5. The highest BCUT2D eigenvalue weighted by Crippen LogP contribution is 2.38. The number of piperazine rings is 1. The number of hydrogen-bond donors (Lipinski definition) is 3. The summed E-state index contributed by atoms with van der Waals surface area (Å²) in [5.74, 6) is 0.844. The molecule has 3 aliphatic heterocycles. The van der Waals surface area contributed by atoms with Gasteiger partial charge in [-0.2, -0.15) is 0 Å². The van der Waals surface area contributed by atoms with E-state index in [2.05, 4.69) is 20.3 Å². The molecule has 2 bridgehead atoms. The van der Waals surface area contributed by atoms with E-state index in [0.717, 1.165) is 56.8 Å². The van der Waals surface area contributed by atoms with Crippen LogP contribution in [0.1, 0.15) is 49.7 Å². The van der Waals surface area contributed by atoms with Gasteiger partial charge in [0.15, 0.2) is 0 Å². The SMILES string of the molecule is O=C(CC1(c2ccc(Cl)cc2)CCNCC1)Nc1cccc(F)c1CCC1CN[C@@H]2CCCSN1C2. The van der Waals surface area contributed by atoms with Crippen LogP contribution in [0.4, 0.5) is 10.1 Å². The molecule has 3 N–H and O–H groups in total. The third kappa shape index (κ3) is 6.08. The highest BCUT2D eigenvalue weighted by atomic mass is 35.5. The van der Waals surface area contributed by atoms with Gasteiger partial charge in [0.25, 0.3) is 0 Å². The molecule has 5 nitrogen and oxygen atoms in total. The number of hydrogen-bond acceptors (Lipinski definition) is 5. The number of halogens is 2. The van der Waals surface area contributed by atoms with Crippen LogP contribution in [0.2, 0.25) is 5.02 Å². The van der Waals surface area contributed by atoms with Crippen LogP contribution in [0.5, 0.6) is 0 Å². The quantitative estimate of drug-likeness (QED) is 0.432. The molecule has 1 amide bonds. The van der Waals surface area contributed by atoms with E-state index in [4.69, 9.17) is 11.6 Å². The van der Waals surface area contributed by atoms with Gasteiger partial charge in [0.1, 0.15) is 5.82 Å². The summed E-state index contributed by atoms with van der Waals surface area (Å²) >= 11 is 8.06. The van der Waals surface area contributed by atoms with Crippen molar-refractivity contribution in [2.75, 3.05) is 37.2 Å². The standard InChI is InChI=1S/C28H36ClFN4OS/c29-21-8-6-20(7-9-21)28(12-14-31-15-13-28)17-27(35)33-26-5-1-4-25(30)24(26)11-10-23-18-32-22-3-2-16-36-34(23)19-22/h1,4-9,22-23,31-32H,2-3,10-19H2,(H,33,35)/t22-,23?/m1/s1. The van der Waals surface area contributed by atoms with Crippen molar-refractivity contribution in [3.63, 3.8) is 0 Å². The molecule has 2 unspecified atom stereocenters. The van der Waals surface area contributed by atoms with Crippen LogP contribution < -0.4 is 16.0 Å². The molecule has 0 spiro atoms.